The van der Waals surface area contributed by atoms with E-state index in [9.17, 15) is 9.59 Å². The molecule has 2 aromatic rings. The number of carboxylic acids is 1. The maximum atomic E-state index is 11.3. The van der Waals surface area contributed by atoms with Crippen molar-refractivity contribution in [2.45, 2.75) is 12.3 Å². The number of thiol groups is 1. The summed E-state index contributed by atoms with van der Waals surface area (Å²) in [6.45, 7) is 0. The van der Waals surface area contributed by atoms with Crippen LogP contribution in [0, 0.1) is 0 Å². The van der Waals surface area contributed by atoms with E-state index in [-0.39, 0.29) is 5.89 Å². The third-order valence-corrected chi connectivity index (χ3v) is 3.29. The third-order valence-electron chi connectivity index (χ3n) is 2.36. The van der Waals surface area contributed by atoms with Crippen LogP contribution in [0.5, 0.6) is 0 Å². The number of halogens is 1. The lowest BCUT2D eigenvalue weighted by atomic mass is 10.1. The van der Waals surface area contributed by atoms with Crippen molar-refractivity contribution < 1.29 is 19.1 Å². The molecule has 1 atom stereocenters. The molecule has 2 rings (SSSR count). The molecule has 1 heterocycles. The van der Waals surface area contributed by atoms with Gasteiger partial charge in [-0.2, -0.15) is 0 Å². The number of fused-ring (bicyclic) bond motifs is 1. The van der Waals surface area contributed by atoms with Crippen LogP contribution in [0.15, 0.2) is 27.1 Å². The van der Waals surface area contributed by atoms with E-state index in [0.717, 1.165) is 0 Å². The van der Waals surface area contributed by atoms with E-state index in [1.165, 1.54) is 0 Å². The smallest absolute Gasteiger partial charge is 0.304 e. The van der Waals surface area contributed by atoms with Crippen LogP contribution in [0.1, 0.15) is 18.2 Å². The molecule has 1 unspecified atom stereocenters. The first-order valence-corrected chi connectivity index (χ1v) is 6.22. The Morgan fingerprint density at radius 3 is 2.78 bits per heavy atom. The summed E-state index contributed by atoms with van der Waals surface area (Å²) >= 11 is 6.97. The number of hydrogen-bond acceptors (Lipinski definition) is 4. The molecule has 94 valence electrons. The standard InChI is InChI=1S/C11H8BrNO4S/c12-6-2-1-3-7-9(6)17-10(13-7)5(11(16)18)4-8(14)15/h1-3,5H,4H2,(H,14,15)(H,16,18). The van der Waals surface area contributed by atoms with Crippen molar-refractivity contribution in [3.8, 4) is 0 Å². The van der Waals surface area contributed by atoms with Crippen molar-refractivity contribution in [3.05, 3.63) is 28.6 Å². The molecule has 0 aliphatic carbocycles. The number of nitrogens with zero attached hydrogens (tertiary/aromatic N) is 1. The monoisotopic (exact) mass is 329 g/mol. The lowest BCUT2D eigenvalue weighted by Gasteiger charge is -2.04. The van der Waals surface area contributed by atoms with Crippen LogP contribution in [0.2, 0.25) is 0 Å². The number of oxazole rings is 1. The van der Waals surface area contributed by atoms with Crippen LogP contribution in [0.3, 0.4) is 0 Å². The Morgan fingerprint density at radius 1 is 1.50 bits per heavy atom. The highest BCUT2D eigenvalue weighted by molar-refractivity contribution is 9.10. The molecular formula is C11H8BrNO4S. The van der Waals surface area contributed by atoms with Crippen LogP contribution in [0.25, 0.3) is 11.1 Å². The van der Waals surface area contributed by atoms with Gasteiger partial charge in [-0.3, -0.25) is 9.59 Å². The van der Waals surface area contributed by atoms with Gasteiger partial charge in [0.1, 0.15) is 11.4 Å². The van der Waals surface area contributed by atoms with Gasteiger partial charge in [-0.15, -0.1) is 12.6 Å². The van der Waals surface area contributed by atoms with E-state index in [1.54, 1.807) is 18.2 Å². The van der Waals surface area contributed by atoms with E-state index in [0.29, 0.717) is 15.6 Å². The first-order valence-electron chi connectivity index (χ1n) is 4.98. The number of aliphatic carboxylic acids is 1. The normalized spacial score (nSPS) is 12.6. The zero-order chi connectivity index (χ0) is 13.3. The van der Waals surface area contributed by atoms with Gasteiger partial charge in [0.05, 0.1) is 10.9 Å². The van der Waals surface area contributed by atoms with Gasteiger partial charge in [-0.05, 0) is 28.1 Å². The predicted octanol–water partition coefficient (Wildman–Crippen LogP) is 2.61. The molecule has 0 amide bonds. The summed E-state index contributed by atoms with van der Waals surface area (Å²) in [7, 11) is 0. The molecule has 0 radical (unpaired) electrons. The van der Waals surface area contributed by atoms with Crippen molar-refractivity contribution >= 4 is 50.7 Å². The lowest BCUT2D eigenvalue weighted by Crippen LogP contribution is -2.12. The lowest BCUT2D eigenvalue weighted by molar-refractivity contribution is -0.138. The molecule has 0 aliphatic heterocycles. The van der Waals surface area contributed by atoms with Gasteiger partial charge in [-0.1, -0.05) is 6.07 Å². The van der Waals surface area contributed by atoms with E-state index in [1.807, 2.05) is 0 Å². The van der Waals surface area contributed by atoms with Gasteiger partial charge in [0.25, 0.3) is 0 Å². The van der Waals surface area contributed by atoms with Gasteiger partial charge in [0.15, 0.2) is 10.7 Å². The van der Waals surface area contributed by atoms with Crippen molar-refractivity contribution in [3.63, 3.8) is 0 Å². The summed E-state index contributed by atoms with van der Waals surface area (Å²) < 4.78 is 6.13. The fourth-order valence-electron chi connectivity index (χ4n) is 1.54. The molecule has 7 heteroatoms. The number of para-hydroxylation sites is 1. The number of carbonyl (C=O) groups excluding carboxylic acids is 1. The van der Waals surface area contributed by atoms with Gasteiger partial charge in [0, 0.05) is 0 Å². The molecule has 0 aliphatic rings. The van der Waals surface area contributed by atoms with Crippen LogP contribution < -0.4 is 0 Å². The Kier molecular flexibility index (Phi) is 3.72. The molecule has 18 heavy (non-hydrogen) atoms. The second-order valence-electron chi connectivity index (χ2n) is 3.63. The topological polar surface area (TPSA) is 80.4 Å². The zero-order valence-corrected chi connectivity index (χ0v) is 11.4. The number of aromatic nitrogens is 1. The largest absolute Gasteiger partial charge is 0.481 e. The molecule has 0 bridgehead atoms. The Morgan fingerprint density at radius 2 is 2.22 bits per heavy atom. The first-order chi connectivity index (χ1) is 8.49. The number of hydrogen-bond donors (Lipinski definition) is 2. The molecule has 1 aromatic carbocycles. The van der Waals surface area contributed by atoms with Crippen molar-refractivity contribution in [2.24, 2.45) is 0 Å². The molecular weight excluding hydrogens is 322 g/mol. The Hall–Kier alpha value is -1.34. The third kappa shape index (κ3) is 2.56. The minimum atomic E-state index is -1.11. The van der Waals surface area contributed by atoms with Gasteiger partial charge < -0.3 is 9.52 Å². The summed E-state index contributed by atoms with van der Waals surface area (Å²) in [5.41, 5.74) is 1.04. The zero-order valence-electron chi connectivity index (χ0n) is 8.96. The second-order valence-corrected chi connectivity index (χ2v) is 4.92. The van der Waals surface area contributed by atoms with Gasteiger partial charge >= 0.3 is 5.97 Å². The van der Waals surface area contributed by atoms with Crippen molar-refractivity contribution in [2.75, 3.05) is 0 Å². The number of carboxylic acid groups (broad SMARTS) is 1. The highest BCUT2D eigenvalue weighted by atomic mass is 79.9. The number of rotatable bonds is 4. The summed E-state index contributed by atoms with van der Waals surface area (Å²) in [6, 6.07) is 5.26. The van der Waals surface area contributed by atoms with Crippen molar-refractivity contribution in [1.29, 1.82) is 0 Å². The molecule has 1 N–H and O–H groups in total. The van der Waals surface area contributed by atoms with E-state index < -0.39 is 23.4 Å². The van der Waals surface area contributed by atoms with Crippen LogP contribution in [-0.2, 0) is 9.59 Å². The second kappa shape index (κ2) is 5.11. The summed E-state index contributed by atoms with van der Waals surface area (Å²) in [4.78, 5) is 26.2. The average molecular weight is 330 g/mol. The highest BCUT2D eigenvalue weighted by Gasteiger charge is 2.26. The summed E-state index contributed by atoms with van der Waals surface area (Å²) in [5, 5.41) is 8.18. The van der Waals surface area contributed by atoms with Crippen LogP contribution in [-0.4, -0.2) is 21.2 Å². The SMILES string of the molecule is O=C(O)CC(C(=O)S)c1nc2cccc(Br)c2o1. The summed E-state index contributed by atoms with van der Waals surface area (Å²) in [6.07, 6.45) is -0.396. The highest BCUT2D eigenvalue weighted by Crippen LogP contribution is 2.29. The Labute approximate surface area is 116 Å². The minimum Gasteiger partial charge on any atom is -0.481 e. The van der Waals surface area contributed by atoms with E-state index in [4.69, 9.17) is 9.52 Å². The molecule has 0 spiro atoms. The maximum Gasteiger partial charge on any atom is 0.304 e. The predicted molar refractivity (Wildman–Crippen MR) is 70.7 cm³/mol. The first kappa shape index (κ1) is 13.1. The molecule has 0 fully saturated rings. The van der Waals surface area contributed by atoms with Crippen LogP contribution >= 0.6 is 28.6 Å². The maximum absolute atomic E-state index is 11.3. The van der Waals surface area contributed by atoms with E-state index in [2.05, 4.69) is 33.5 Å². The number of carbonyl (C=O) groups is 2. The van der Waals surface area contributed by atoms with E-state index >= 15 is 0 Å². The average Bonchev–Trinajstić information content (AvgIpc) is 2.70. The molecule has 5 nitrogen and oxygen atoms in total. The Balaban J connectivity index is 2.48. The summed E-state index contributed by atoms with van der Waals surface area (Å²) in [5.74, 6) is -2.02. The fraction of sp³-hybridized carbons (Fsp3) is 0.182. The Bertz CT molecular complexity index is 625. The van der Waals surface area contributed by atoms with Gasteiger partial charge in [0.2, 0.25) is 5.89 Å². The fourth-order valence-corrected chi connectivity index (χ4v) is 2.17. The molecule has 0 saturated heterocycles. The molecule has 1 aromatic heterocycles. The van der Waals surface area contributed by atoms with Gasteiger partial charge in [-0.25, -0.2) is 4.98 Å². The number of benzene rings is 1. The van der Waals surface area contributed by atoms with Crippen molar-refractivity contribution in [1.82, 2.24) is 4.98 Å². The minimum absolute atomic E-state index is 0.0688. The molecule has 0 saturated carbocycles. The quantitative estimate of drug-likeness (QED) is 0.843. The van der Waals surface area contributed by atoms with Crippen LogP contribution in [0.4, 0.5) is 0 Å².